The van der Waals surface area contributed by atoms with E-state index in [2.05, 4.69) is 10.6 Å². The molecule has 2 amide bonds. The standard InChI is InChI=1S/C14H27N3O3/c1-14(2,3)20-13(19)17-9-5-6-11(17)10-16-8-7-12(18)15-4/h11,16H,5-10H2,1-4H3,(H,15,18). The van der Waals surface area contributed by atoms with Gasteiger partial charge in [-0.15, -0.1) is 0 Å². The zero-order valence-corrected chi connectivity index (χ0v) is 13.0. The Morgan fingerprint density at radius 1 is 1.35 bits per heavy atom. The highest BCUT2D eigenvalue weighted by molar-refractivity contribution is 5.75. The summed E-state index contributed by atoms with van der Waals surface area (Å²) in [6.07, 6.45) is 2.19. The molecule has 1 saturated heterocycles. The molecule has 1 aliphatic rings. The summed E-state index contributed by atoms with van der Waals surface area (Å²) in [5, 5.41) is 5.81. The molecule has 0 bridgehead atoms. The lowest BCUT2D eigenvalue weighted by molar-refractivity contribution is -0.120. The zero-order chi connectivity index (χ0) is 15.2. The van der Waals surface area contributed by atoms with E-state index in [1.165, 1.54) is 0 Å². The second-order valence-electron chi connectivity index (χ2n) is 6.10. The average molecular weight is 285 g/mol. The molecule has 2 N–H and O–H groups in total. The number of nitrogens with one attached hydrogen (secondary N) is 2. The van der Waals surface area contributed by atoms with Crippen molar-refractivity contribution in [3.8, 4) is 0 Å². The Balaban J connectivity index is 2.34. The summed E-state index contributed by atoms with van der Waals surface area (Å²) in [6.45, 7) is 7.69. The number of rotatable bonds is 5. The number of amides is 2. The molecule has 0 aromatic heterocycles. The Labute approximate surface area is 121 Å². The predicted octanol–water partition coefficient (Wildman–Crippen LogP) is 1.11. The fraction of sp³-hybridized carbons (Fsp3) is 0.857. The lowest BCUT2D eigenvalue weighted by Crippen LogP contribution is -2.44. The molecule has 6 nitrogen and oxygen atoms in total. The van der Waals surface area contributed by atoms with Crippen molar-refractivity contribution in [1.82, 2.24) is 15.5 Å². The van der Waals surface area contributed by atoms with Gasteiger partial charge in [0, 0.05) is 39.1 Å². The van der Waals surface area contributed by atoms with Gasteiger partial charge in [0.15, 0.2) is 0 Å². The Morgan fingerprint density at radius 2 is 2.05 bits per heavy atom. The van der Waals surface area contributed by atoms with Gasteiger partial charge in [0.05, 0.1) is 0 Å². The van der Waals surface area contributed by atoms with Crippen molar-refractivity contribution >= 4 is 12.0 Å². The molecule has 1 unspecified atom stereocenters. The van der Waals surface area contributed by atoms with Crippen molar-refractivity contribution in [1.29, 1.82) is 0 Å². The molecule has 1 atom stereocenters. The van der Waals surface area contributed by atoms with Gasteiger partial charge in [0.25, 0.3) is 0 Å². The largest absolute Gasteiger partial charge is 0.444 e. The molecule has 1 heterocycles. The number of likely N-dealkylation sites (tertiary alicyclic amines) is 1. The van der Waals surface area contributed by atoms with Crippen LogP contribution in [0, 0.1) is 0 Å². The van der Waals surface area contributed by atoms with E-state index in [1.54, 1.807) is 11.9 Å². The predicted molar refractivity (Wildman–Crippen MR) is 77.5 cm³/mol. The Hall–Kier alpha value is -1.30. The molecular formula is C14H27N3O3. The van der Waals surface area contributed by atoms with Crippen LogP contribution in [0.4, 0.5) is 4.79 Å². The smallest absolute Gasteiger partial charge is 0.410 e. The number of carbonyl (C=O) groups excluding carboxylic acids is 2. The van der Waals surface area contributed by atoms with Gasteiger partial charge in [0.2, 0.25) is 5.91 Å². The third kappa shape index (κ3) is 5.77. The Morgan fingerprint density at radius 3 is 2.65 bits per heavy atom. The molecule has 1 rings (SSSR count). The zero-order valence-electron chi connectivity index (χ0n) is 13.0. The van der Waals surface area contributed by atoms with Crippen LogP contribution in [-0.4, -0.2) is 55.2 Å². The van der Waals surface area contributed by atoms with E-state index in [-0.39, 0.29) is 18.0 Å². The number of carbonyl (C=O) groups is 2. The molecule has 6 heteroatoms. The highest BCUT2D eigenvalue weighted by Crippen LogP contribution is 2.20. The Bertz CT molecular complexity index is 339. The average Bonchev–Trinajstić information content (AvgIpc) is 2.80. The minimum atomic E-state index is -0.461. The molecule has 0 saturated carbocycles. The summed E-state index contributed by atoms with van der Waals surface area (Å²) >= 11 is 0. The van der Waals surface area contributed by atoms with Crippen molar-refractivity contribution in [2.24, 2.45) is 0 Å². The maximum absolute atomic E-state index is 12.1. The summed E-state index contributed by atoms with van der Waals surface area (Å²) in [7, 11) is 1.63. The first kappa shape index (κ1) is 16.8. The van der Waals surface area contributed by atoms with E-state index >= 15 is 0 Å². The van der Waals surface area contributed by atoms with Gasteiger partial charge in [-0.1, -0.05) is 0 Å². The molecule has 0 radical (unpaired) electrons. The summed E-state index contributed by atoms with van der Waals surface area (Å²) < 4.78 is 5.41. The number of ether oxygens (including phenoxy) is 1. The number of hydrogen-bond acceptors (Lipinski definition) is 4. The normalized spacial score (nSPS) is 19.0. The number of hydrogen-bond donors (Lipinski definition) is 2. The lowest BCUT2D eigenvalue weighted by atomic mass is 10.2. The first-order valence-corrected chi connectivity index (χ1v) is 7.24. The molecule has 0 aliphatic carbocycles. The molecule has 0 aromatic carbocycles. The highest BCUT2D eigenvalue weighted by atomic mass is 16.6. The van der Waals surface area contributed by atoms with Crippen molar-refractivity contribution in [2.75, 3.05) is 26.7 Å². The fourth-order valence-electron chi connectivity index (χ4n) is 2.20. The van der Waals surface area contributed by atoms with Crippen molar-refractivity contribution in [3.63, 3.8) is 0 Å². The van der Waals surface area contributed by atoms with E-state index < -0.39 is 5.60 Å². The van der Waals surface area contributed by atoms with Gasteiger partial charge >= 0.3 is 6.09 Å². The van der Waals surface area contributed by atoms with Crippen LogP contribution >= 0.6 is 0 Å². The van der Waals surface area contributed by atoms with Gasteiger partial charge in [0.1, 0.15) is 5.60 Å². The SMILES string of the molecule is CNC(=O)CCNCC1CCCN1C(=O)OC(C)(C)C. The molecule has 0 aromatic rings. The molecule has 1 fully saturated rings. The van der Waals surface area contributed by atoms with Crippen LogP contribution < -0.4 is 10.6 Å². The van der Waals surface area contributed by atoms with E-state index in [4.69, 9.17) is 4.74 Å². The molecular weight excluding hydrogens is 258 g/mol. The van der Waals surface area contributed by atoms with Crippen molar-refractivity contribution in [2.45, 2.75) is 51.7 Å². The monoisotopic (exact) mass is 285 g/mol. The van der Waals surface area contributed by atoms with E-state index in [1.807, 2.05) is 20.8 Å². The lowest BCUT2D eigenvalue weighted by Gasteiger charge is -2.28. The van der Waals surface area contributed by atoms with Gasteiger partial charge in [-0.2, -0.15) is 0 Å². The summed E-state index contributed by atoms with van der Waals surface area (Å²) in [5.74, 6) is 0.0212. The highest BCUT2D eigenvalue weighted by Gasteiger charge is 2.31. The van der Waals surface area contributed by atoms with Crippen molar-refractivity contribution in [3.05, 3.63) is 0 Å². The van der Waals surface area contributed by atoms with Crippen LogP contribution in [0.1, 0.15) is 40.0 Å². The van der Waals surface area contributed by atoms with Crippen LogP contribution in [0.3, 0.4) is 0 Å². The molecule has 116 valence electrons. The van der Waals surface area contributed by atoms with Gasteiger partial charge in [-0.25, -0.2) is 4.79 Å². The minimum Gasteiger partial charge on any atom is -0.444 e. The van der Waals surface area contributed by atoms with Crippen molar-refractivity contribution < 1.29 is 14.3 Å². The second-order valence-corrected chi connectivity index (χ2v) is 6.10. The molecule has 1 aliphatic heterocycles. The first-order chi connectivity index (χ1) is 9.33. The third-order valence-corrected chi connectivity index (χ3v) is 3.19. The first-order valence-electron chi connectivity index (χ1n) is 7.24. The van der Waals surface area contributed by atoms with Gasteiger partial charge in [-0.3, -0.25) is 4.79 Å². The molecule has 20 heavy (non-hydrogen) atoms. The van der Waals surface area contributed by atoms with Gasteiger partial charge in [-0.05, 0) is 33.6 Å². The Kier molecular flexibility index (Phi) is 6.26. The van der Waals surface area contributed by atoms with Crippen LogP contribution in [0.15, 0.2) is 0 Å². The fourth-order valence-corrected chi connectivity index (χ4v) is 2.20. The van der Waals surface area contributed by atoms with Crippen LogP contribution in [-0.2, 0) is 9.53 Å². The van der Waals surface area contributed by atoms with Crippen LogP contribution in [0.2, 0.25) is 0 Å². The van der Waals surface area contributed by atoms with E-state index in [0.717, 1.165) is 19.4 Å². The third-order valence-electron chi connectivity index (χ3n) is 3.19. The van der Waals surface area contributed by atoms with Crippen LogP contribution in [0.5, 0.6) is 0 Å². The maximum Gasteiger partial charge on any atom is 0.410 e. The second kappa shape index (κ2) is 7.47. The molecule has 0 spiro atoms. The van der Waals surface area contributed by atoms with Gasteiger partial charge < -0.3 is 20.3 Å². The van der Waals surface area contributed by atoms with E-state index in [0.29, 0.717) is 19.5 Å². The topological polar surface area (TPSA) is 70.7 Å². The minimum absolute atomic E-state index is 0.0212. The summed E-state index contributed by atoms with van der Waals surface area (Å²) in [4.78, 5) is 25.0. The maximum atomic E-state index is 12.1. The van der Waals surface area contributed by atoms with Crippen LogP contribution in [0.25, 0.3) is 0 Å². The summed E-state index contributed by atoms with van der Waals surface area (Å²) in [5.41, 5.74) is -0.461. The number of nitrogens with zero attached hydrogens (tertiary/aromatic N) is 1. The quantitative estimate of drug-likeness (QED) is 0.742. The van der Waals surface area contributed by atoms with E-state index in [9.17, 15) is 9.59 Å². The summed E-state index contributed by atoms with van der Waals surface area (Å²) in [6, 6.07) is 0.162.